The van der Waals surface area contributed by atoms with E-state index in [1.54, 1.807) is 4.90 Å². The van der Waals surface area contributed by atoms with Crippen LogP contribution in [0.5, 0.6) is 0 Å². The van der Waals surface area contributed by atoms with E-state index in [1.165, 1.54) is 0 Å². The number of ether oxygens (including phenoxy) is 2. The lowest BCUT2D eigenvalue weighted by Gasteiger charge is -2.30. The van der Waals surface area contributed by atoms with Crippen molar-refractivity contribution in [3.63, 3.8) is 0 Å². The first-order valence-corrected chi connectivity index (χ1v) is 6.34. The van der Waals surface area contributed by atoms with E-state index in [4.69, 9.17) is 9.47 Å². The molecule has 5 nitrogen and oxygen atoms in total. The Morgan fingerprint density at radius 2 is 2.16 bits per heavy atom. The molecule has 1 aliphatic heterocycles. The summed E-state index contributed by atoms with van der Waals surface area (Å²) in [6.45, 7) is 1.75. The van der Waals surface area contributed by atoms with E-state index in [0.717, 1.165) is 18.4 Å². The van der Waals surface area contributed by atoms with Gasteiger partial charge in [0, 0.05) is 6.54 Å². The molecule has 1 aliphatic rings. The van der Waals surface area contributed by atoms with Crippen molar-refractivity contribution in [3.05, 3.63) is 35.9 Å². The van der Waals surface area contributed by atoms with E-state index in [2.05, 4.69) is 0 Å². The van der Waals surface area contributed by atoms with Gasteiger partial charge in [0.2, 0.25) is 0 Å². The highest BCUT2D eigenvalue weighted by Crippen LogP contribution is 2.14. The fourth-order valence-corrected chi connectivity index (χ4v) is 2.10. The van der Waals surface area contributed by atoms with Crippen LogP contribution in [0.1, 0.15) is 18.4 Å². The van der Waals surface area contributed by atoms with Crippen LogP contribution >= 0.6 is 0 Å². The summed E-state index contributed by atoms with van der Waals surface area (Å²) < 4.78 is 10.1. The molecule has 2 rings (SSSR count). The summed E-state index contributed by atoms with van der Waals surface area (Å²) in [5, 5.41) is 0. The number of likely N-dealkylation sites (tertiary alicyclic amines) is 1. The SMILES string of the molecule is O=COC1CCCN(C(=O)OCc2ccccc2)C1. The third kappa shape index (κ3) is 3.98. The molecule has 5 heteroatoms. The van der Waals surface area contributed by atoms with Crippen LogP contribution in [0, 0.1) is 0 Å². The van der Waals surface area contributed by atoms with Crippen LogP contribution in [0.25, 0.3) is 0 Å². The minimum absolute atomic E-state index is 0.212. The standard InChI is InChI=1S/C14H17NO4/c16-11-19-13-7-4-8-15(9-13)14(17)18-10-12-5-2-1-3-6-12/h1-3,5-6,11,13H,4,7-10H2. The van der Waals surface area contributed by atoms with Crippen molar-refractivity contribution in [2.24, 2.45) is 0 Å². The monoisotopic (exact) mass is 263 g/mol. The number of amides is 1. The lowest BCUT2D eigenvalue weighted by molar-refractivity contribution is -0.135. The molecule has 1 atom stereocenters. The minimum Gasteiger partial charge on any atom is -0.463 e. The Morgan fingerprint density at radius 1 is 1.37 bits per heavy atom. The number of carbonyl (C=O) groups excluding carboxylic acids is 2. The molecule has 1 unspecified atom stereocenters. The zero-order valence-electron chi connectivity index (χ0n) is 10.7. The lowest BCUT2D eigenvalue weighted by Crippen LogP contribution is -2.43. The average molecular weight is 263 g/mol. The molecule has 1 heterocycles. The molecule has 0 radical (unpaired) electrons. The van der Waals surface area contributed by atoms with E-state index in [0.29, 0.717) is 19.6 Å². The molecule has 1 fully saturated rings. The van der Waals surface area contributed by atoms with Crippen molar-refractivity contribution >= 4 is 12.6 Å². The molecule has 1 aromatic rings. The number of hydrogen-bond acceptors (Lipinski definition) is 4. The van der Waals surface area contributed by atoms with Crippen LogP contribution < -0.4 is 0 Å². The summed E-state index contributed by atoms with van der Waals surface area (Å²) in [5.74, 6) is 0. The molecule has 0 saturated carbocycles. The molecule has 0 aliphatic carbocycles. The Kier molecular flexibility index (Phi) is 4.78. The van der Waals surface area contributed by atoms with E-state index in [9.17, 15) is 9.59 Å². The molecular weight excluding hydrogens is 246 g/mol. The smallest absolute Gasteiger partial charge is 0.410 e. The maximum Gasteiger partial charge on any atom is 0.410 e. The molecule has 0 spiro atoms. The number of carbonyl (C=O) groups is 2. The number of nitrogens with zero attached hydrogens (tertiary/aromatic N) is 1. The quantitative estimate of drug-likeness (QED) is 0.779. The van der Waals surface area contributed by atoms with Gasteiger partial charge >= 0.3 is 6.09 Å². The zero-order valence-corrected chi connectivity index (χ0v) is 10.7. The summed E-state index contributed by atoms with van der Waals surface area (Å²) in [6.07, 6.45) is 1.04. The predicted octanol–water partition coefficient (Wildman–Crippen LogP) is 1.96. The van der Waals surface area contributed by atoms with Crippen molar-refractivity contribution in [3.8, 4) is 0 Å². The van der Waals surface area contributed by atoms with Gasteiger partial charge in [-0.15, -0.1) is 0 Å². The van der Waals surface area contributed by atoms with Crippen molar-refractivity contribution in [2.75, 3.05) is 13.1 Å². The van der Waals surface area contributed by atoms with E-state index < -0.39 is 0 Å². The molecule has 19 heavy (non-hydrogen) atoms. The van der Waals surface area contributed by atoms with Gasteiger partial charge in [-0.05, 0) is 18.4 Å². The van der Waals surface area contributed by atoms with Crippen molar-refractivity contribution in [1.82, 2.24) is 4.90 Å². The van der Waals surface area contributed by atoms with Crippen LogP contribution in [-0.4, -0.2) is 36.7 Å². The molecule has 0 aromatic heterocycles. The Morgan fingerprint density at radius 3 is 2.89 bits per heavy atom. The Balaban J connectivity index is 1.81. The minimum atomic E-state index is -0.358. The number of piperidine rings is 1. The second kappa shape index (κ2) is 6.78. The van der Waals surface area contributed by atoms with Gasteiger partial charge in [0.1, 0.15) is 12.7 Å². The molecule has 1 aromatic carbocycles. The van der Waals surface area contributed by atoms with Crippen LogP contribution in [0.3, 0.4) is 0 Å². The Hall–Kier alpha value is -2.04. The van der Waals surface area contributed by atoms with Gasteiger partial charge in [-0.1, -0.05) is 30.3 Å². The second-order valence-corrected chi connectivity index (χ2v) is 4.48. The normalized spacial score (nSPS) is 18.7. The molecule has 0 bridgehead atoms. The van der Waals surface area contributed by atoms with E-state index in [-0.39, 0.29) is 18.8 Å². The van der Waals surface area contributed by atoms with E-state index >= 15 is 0 Å². The Bertz CT molecular complexity index is 421. The Labute approximate surface area is 112 Å². The van der Waals surface area contributed by atoms with Crippen molar-refractivity contribution < 1.29 is 19.1 Å². The van der Waals surface area contributed by atoms with Gasteiger partial charge in [-0.25, -0.2) is 4.79 Å². The fourth-order valence-electron chi connectivity index (χ4n) is 2.10. The van der Waals surface area contributed by atoms with E-state index in [1.807, 2.05) is 30.3 Å². The number of benzene rings is 1. The lowest BCUT2D eigenvalue weighted by atomic mass is 10.1. The van der Waals surface area contributed by atoms with Crippen LogP contribution in [0.2, 0.25) is 0 Å². The first-order chi connectivity index (χ1) is 9.29. The highest BCUT2D eigenvalue weighted by atomic mass is 16.6. The highest BCUT2D eigenvalue weighted by molar-refractivity contribution is 5.67. The third-order valence-corrected chi connectivity index (χ3v) is 3.09. The average Bonchev–Trinajstić information content (AvgIpc) is 2.46. The molecule has 102 valence electrons. The second-order valence-electron chi connectivity index (χ2n) is 4.48. The van der Waals surface area contributed by atoms with Gasteiger partial charge < -0.3 is 14.4 Å². The van der Waals surface area contributed by atoms with Crippen molar-refractivity contribution in [1.29, 1.82) is 0 Å². The fraction of sp³-hybridized carbons (Fsp3) is 0.429. The highest BCUT2D eigenvalue weighted by Gasteiger charge is 2.25. The molecule has 1 saturated heterocycles. The van der Waals surface area contributed by atoms with Gasteiger partial charge in [-0.3, -0.25) is 4.79 Å². The van der Waals surface area contributed by atoms with Crippen LogP contribution in [0.15, 0.2) is 30.3 Å². The van der Waals surface area contributed by atoms with Gasteiger partial charge in [0.25, 0.3) is 6.47 Å². The van der Waals surface area contributed by atoms with Gasteiger partial charge in [0.15, 0.2) is 0 Å². The van der Waals surface area contributed by atoms with Crippen molar-refractivity contribution in [2.45, 2.75) is 25.6 Å². The predicted molar refractivity (Wildman–Crippen MR) is 68.4 cm³/mol. The maximum absolute atomic E-state index is 11.9. The summed E-state index contributed by atoms with van der Waals surface area (Å²) in [5.41, 5.74) is 0.952. The summed E-state index contributed by atoms with van der Waals surface area (Å²) in [4.78, 5) is 23.8. The summed E-state index contributed by atoms with van der Waals surface area (Å²) in [7, 11) is 0. The number of hydrogen-bond donors (Lipinski definition) is 0. The molecular formula is C14H17NO4. The molecule has 1 amide bonds. The largest absolute Gasteiger partial charge is 0.463 e. The van der Waals surface area contributed by atoms with Gasteiger partial charge in [0.05, 0.1) is 6.54 Å². The first-order valence-electron chi connectivity index (χ1n) is 6.34. The van der Waals surface area contributed by atoms with Crippen LogP contribution in [-0.2, 0) is 20.9 Å². The zero-order chi connectivity index (χ0) is 13.5. The summed E-state index contributed by atoms with van der Waals surface area (Å²) >= 11 is 0. The van der Waals surface area contributed by atoms with Crippen LogP contribution in [0.4, 0.5) is 4.79 Å². The topological polar surface area (TPSA) is 55.8 Å². The summed E-state index contributed by atoms with van der Waals surface area (Å²) in [6, 6.07) is 9.52. The first kappa shape index (κ1) is 13.4. The maximum atomic E-state index is 11.9. The third-order valence-electron chi connectivity index (χ3n) is 3.09. The molecule has 0 N–H and O–H groups in total. The number of rotatable bonds is 4. The van der Waals surface area contributed by atoms with Gasteiger partial charge in [-0.2, -0.15) is 0 Å².